The predicted octanol–water partition coefficient (Wildman–Crippen LogP) is 3.48. The molecule has 0 aliphatic carbocycles. The van der Waals surface area contributed by atoms with Gasteiger partial charge in [0.25, 0.3) is 0 Å². The van der Waals surface area contributed by atoms with Crippen LogP contribution in [-0.4, -0.2) is 18.3 Å². The highest BCUT2D eigenvalue weighted by atomic mass is 32.2. The molecule has 0 fully saturated rings. The van der Waals surface area contributed by atoms with E-state index in [2.05, 4.69) is 50.4 Å². The highest BCUT2D eigenvalue weighted by Crippen LogP contribution is 2.22. The van der Waals surface area contributed by atoms with E-state index in [0.717, 1.165) is 12.3 Å². The molecule has 2 heteroatoms. The highest BCUT2D eigenvalue weighted by Gasteiger charge is 2.05. The molecule has 15 heavy (non-hydrogen) atoms. The van der Waals surface area contributed by atoms with Gasteiger partial charge in [-0.15, -0.1) is 11.8 Å². The number of nitrogens with one attached hydrogen (secondary N) is 1. The Morgan fingerprint density at radius 3 is 2.60 bits per heavy atom. The first kappa shape index (κ1) is 12.6. The van der Waals surface area contributed by atoms with Crippen LogP contribution in [0.4, 0.5) is 0 Å². The lowest BCUT2D eigenvalue weighted by Gasteiger charge is -2.15. The Hall–Kier alpha value is -0.470. The Labute approximate surface area is 97.7 Å². The summed E-state index contributed by atoms with van der Waals surface area (Å²) in [5, 5.41) is 3.50. The number of hydrogen-bond donors (Lipinski definition) is 1. The van der Waals surface area contributed by atoms with Crippen LogP contribution in [-0.2, 0) is 0 Å². The summed E-state index contributed by atoms with van der Waals surface area (Å²) in [6, 6.07) is 9.24. The summed E-state index contributed by atoms with van der Waals surface area (Å²) >= 11 is 1.96. The molecule has 1 N–H and O–H groups in total. The summed E-state index contributed by atoms with van der Waals surface area (Å²) in [4.78, 5) is 1.41. The molecule has 0 spiro atoms. The monoisotopic (exact) mass is 223 g/mol. The predicted molar refractivity (Wildman–Crippen MR) is 69.7 cm³/mol. The third-order valence-corrected chi connectivity index (χ3v) is 3.86. The fourth-order valence-electron chi connectivity index (χ4n) is 1.52. The fraction of sp³-hybridized carbons (Fsp3) is 0.538. The first-order chi connectivity index (χ1) is 7.27. The van der Waals surface area contributed by atoms with Gasteiger partial charge in [0.1, 0.15) is 0 Å². The van der Waals surface area contributed by atoms with Gasteiger partial charge in [0, 0.05) is 16.7 Å². The van der Waals surface area contributed by atoms with Crippen LogP contribution in [0, 0.1) is 6.92 Å². The Morgan fingerprint density at radius 1 is 1.27 bits per heavy atom. The third kappa shape index (κ3) is 4.27. The molecule has 84 valence electrons. The van der Waals surface area contributed by atoms with E-state index in [1.54, 1.807) is 0 Å². The second-order valence-corrected chi connectivity index (χ2v) is 4.80. The van der Waals surface area contributed by atoms with Crippen molar-refractivity contribution in [3.05, 3.63) is 29.8 Å². The zero-order valence-electron chi connectivity index (χ0n) is 9.92. The Kier molecular flexibility index (Phi) is 5.81. The second kappa shape index (κ2) is 6.91. The van der Waals surface area contributed by atoms with Crippen LogP contribution < -0.4 is 5.32 Å². The van der Waals surface area contributed by atoms with E-state index in [9.17, 15) is 0 Å². The minimum absolute atomic E-state index is 0.639. The van der Waals surface area contributed by atoms with Gasteiger partial charge in [-0.1, -0.05) is 32.0 Å². The van der Waals surface area contributed by atoms with Gasteiger partial charge in [-0.2, -0.15) is 0 Å². The molecule has 0 bridgehead atoms. The first-order valence-electron chi connectivity index (χ1n) is 5.69. The molecule has 0 radical (unpaired) electrons. The highest BCUT2D eigenvalue weighted by molar-refractivity contribution is 7.99. The molecular weight excluding hydrogens is 202 g/mol. The normalized spacial score (nSPS) is 12.7. The van der Waals surface area contributed by atoms with Gasteiger partial charge in [0.15, 0.2) is 0 Å². The minimum Gasteiger partial charge on any atom is -0.313 e. The Morgan fingerprint density at radius 2 is 2.00 bits per heavy atom. The molecule has 1 unspecified atom stereocenters. The molecule has 0 aliphatic rings. The van der Waals surface area contributed by atoms with E-state index in [-0.39, 0.29) is 0 Å². The number of thioether (sulfide) groups is 1. The maximum atomic E-state index is 3.50. The van der Waals surface area contributed by atoms with Crippen molar-refractivity contribution in [1.29, 1.82) is 0 Å². The smallest absolute Gasteiger partial charge is 0.0158 e. The Bertz CT molecular complexity index is 286. The zero-order chi connectivity index (χ0) is 11.1. The van der Waals surface area contributed by atoms with Gasteiger partial charge in [0.2, 0.25) is 0 Å². The van der Waals surface area contributed by atoms with Gasteiger partial charge < -0.3 is 5.32 Å². The van der Waals surface area contributed by atoms with Crippen LogP contribution in [0.1, 0.15) is 25.8 Å². The molecule has 1 nitrogen and oxygen atoms in total. The van der Waals surface area contributed by atoms with Crippen molar-refractivity contribution in [3.8, 4) is 0 Å². The van der Waals surface area contributed by atoms with Crippen molar-refractivity contribution < 1.29 is 0 Å². The summed E-state index contributed by atoms with van der Waals surface area (Å²) in [6.45, 7) is 7.65. The average Bonchev–Trinajstić information content (AvgIpc) is 2.26. The van der Waals surface area contributed by atoms with Crippen LogP contribution in [0.5, 0.6) is 0 Å². The van der Waals surface area contributed by atoms with Gasteiger partial charge in [-0.25, -0.2) is 0 Å². The molecular formula is C13H21NS. The fourth-order valence-corrected chi connectivity index (χ4v) is 2.72. The summed E-state index contributed by atoms with van der Waals surface area (Å²) in [6.07, 6.45) is 1.20. The SMILES string of the molecule is CCNC(CC)CSc1ccccc1C. The van der Waals surface area contributed by atoms with Crippen molar-refractivity contribution in [2.45, 2.75) is 38.1 Å². The van der Waals surface area contributed by atoms with E-state index in [1.165, 1.54) is 16.9 Å². The van der Waals surface area contributed by atoms with Gasteiger partial charge in [0.05, 0.1) is 0 Å². The second-order valence-electron chi connectivity index (χ2n) is 3.74. The van der Waals surface area contributed by atoms with Gasteiger partial charge in [-0.3, -0.25) is 0 Å². The molecule has 1 atom stereocenters. The minimum atomic E-state index is 0.639. The van der Waals surface area contributed by atoms with Crippen molar-refractivity contribution in [2.24, 2.45) is 0 Å². The lowest BCUT2D eigenvalue weighted by molar-refractivity contribution is 0.560. The van der Waals surface area contributed by atoms with Crippen molar-refractivity contribution >= 4 is 11.8 Å². The van der Waals surface area contributed by atoms with E-state index in [4.69, 9.17) is 0 Å². The Balaban J connectivity index is 2.45. The molecule has 0 heterocycles. The first-order valence-corrected chi connectivity index (χ1v) is 6.68. The van der Waals surface area contributed by atoms with Gasteiger partial charge in [-0.05, 0) is 31.5 Å². The lowest BCUT2D eigenvalue weighted by atomic mass is 10.2. The maximum absolute atomic E-state index is 3.50. The summed E-state index contributed by atoms with van der Waals surface area (Å²) in [5.41, 5.74) is 1.38. The van der Waals surface area contributed by atoms with E-state index in [1.807, 2.05) is 11.8 Å². The molecule has 0 saturated carbocycles. The summed E-state index contributed by atoms with van der Waals surface area (Å²) in [5.74, 6) is 1.16. The largest absolute Gasteiger partial charge is 0.313 e. The van der Waals surface area contributed by atoms with Gasteiger partial charge >= 0.3 is 0 Å². The number of rotatable bonds is 6. The number of benzene rings is 1. The van der Waals surface area contributed by atoms with Crippen LogP contribution in [0.2, 0.25) is 0 Å². The standard InChI is InChI=1S/C13H21NS/c1-4-12(14-5-2)10-15-13-9-7-6-8-11(13)3/h6-9,12,14H,4-5,10H2,1-3H3. The maximum Gasteiger partial charge on any atom is 0.0158 e. The molecule has 0 aliphatic heterocycles. The molecule has 1 aromatic carbocycles. The number of hydrogen-bond acceptors (Lipinski definition) is 2. The van der Waals surface area contributed by atoms with Crippen molar-refractivity contribution in [2.75, 3.05) is 12.3 Å². The van der Waals surface area contributed by atoms with E-state index in [0.29, 0.717) is 6.04 Å². The third-order valence-electron chi connectivity index (χ3n) is 2.52. The molecule has 1 rings (SSSR count). The van der Waals surface area contributed by atoms with Crippen LogP contribution in [0.25, 0.3) is 0 Å². The van der Waals surface area contributed by atoms with Crippen LogP contribution in [0.15, 0.2) is 29.2 Å². The van der Waals surface area contributed by atoms with Crippen molar-refractivity contribution in [1.82, 2.24) is 5.32 Å². The molecule has 1 aromatic rings. The van der Waals surface area contributed by atoms with E-state index < -0.39 is 0 Å². The topological polar surface area (TPSA) is 12.0 Å². The van der Waals surface area contributed by atoms with Crippen LogP contribution >= 0.6 is 11.8 Å². The quantitative estimate of drug-likeness (QED) is 0.741. The van der Waals surface area contributed by atoms with E-state index >= 15 is 0 Å². The summed E-state index contributed by atoms with van der Waals surface area (Å²) in [7, 11) is 0. The lowest BCUT2D eigenvalue weighted by Crippen LogP contribution is -2.30. The van der Waals surface area contributed by atoms with Crippen LogP contribution in [0.3, 0.4) is 0 Å². The van der Waals surface area contributed by atoms with Crippen molar-refractivity contribution in [3.63, 3.8) is 0 Å². The zero-order valence-corrected chi connectivity index (χ0v) is 10.7. The number of aryl methyl sites for hydroxylation is 1. The summed E-state index contributed by atoms with van der Waals surface area (Å²) < 4.78 is 0. The average molecular weight is 223 g/mol. The molecule has 0 aromatic heterocycles. The molecule has 0 saturated heterocycles. The molecule has 0 amide bonds.